The molecule has 0 aromatic heterocycles. The molecule has 35 heavy (non-hydrogen) atoms. The number of carbonyl (C=O) groups excluding carboxylic acids is 3. The average molecular weight is 503 g/mol. The molecule has 0 bridgehead atoms. The number of carbonyl (C=O) groups is 3. The third kappa shape index (κ3) is 6.07. The van der Waals surface area contributed by atoms with Crippen molar-refractivity contribution in [3.05, 3.63) is 65.7 Å². The summed E-state index contributed by atoms with van der Waals surface area (Å²) in [5.74, 6) is -2.58. The van der Waals surface area contributed by atoms with Crippen LogP contribution in [0.2, 0.25) is 0 Å². The number of aryl methyl sites for hydroxylation is 1. The van der Waals surface area contributed by atoms with Gasteiger partial charge >= 0.3 is 12.1 Å². The van der Waals surface area contributed by atoms with E-state index in [9.17, 15) is 22.8 Å². The number of sulfonamides is 1. The van der Waals surface area contributed by atoms with Gasteiger partial charge in [0.25, 0.3) is 0 Å². The minimum atomic E-state index is -4.05. The van der Waals surface area contributed by atoms with Gasteiger partial charge in [-0.25, -0.2) is 27.6 Å². The highest BCUT2D eigenvalue weighted by Crippen LogP contribution is 2.37. The zero-order valence-corrected chi connectivity index (χ0v) is 21.2. The number of rotatable bonds is 6. The van der Waals surface area contributed by atoms with Crippen molar-refractivity contribution >= 4 is 28.0 Å². The number of hydrogen-bond donors (Lipinski definition) is 1. The molecule has 1 aliphatic rings. The summed E-state index contributed by atoms with van der Waals surface area (Å²) in [5.41, 5.74) is 0.488. The van der Waals surface area contributed by atoms with Gasteiger partial charge in [-0.05, 0) is 51.8 Å². The van der Waals surface area contributed by atoms with Gasteiger partial charge in [0.2, 0.25) is 15.9 Å². The first-order valence-corrected chi connectivity index (χ1v) is 12.6. The van der Waals surface area contributed by atoms with Crippen LogP contribution in [0.1, 0.15) is 44.4 Å². The molecule has 1 N–H and O–H groups in total. The van der Waals surface area contributed by atoms with E-state index < -0.39 is 51.6 Å². The van der Waals surface area contributed by atoms with Gasteiger partial charge < -0.3 is 9.47 Å². The molecule has 1 saturated heterocycles. The fourth-order valence-electron chi connectivity index (χ4n) is 3.92. The summed E-state index contributed by atoms with van der Waals surface area (Å²) in [7, 11) is -2.89. The summed E-state index contributed by atoms with van der Waals surface area (Å²) in [6.07, 6.45) is -1.13. The lowest BCUT2D eigenvalue weighted by molar-refractivity contribution is -0.148. The Morgan fingerprint density at radius 1 is 1.06 bits per heavy atom. The van der Waals surface area contributed by atoms with Crippen molar-refractivity contribution in [3.63, 3.8) is 0 Å². The fourth-order valence-corrected chi connectivity index (χ4v) is 5.18. The van der Waals surface area contributed by atoms with E-state index in [0.29, 0.717) is 5.56 Å². The number of ether oxygens (including phenoxy) is 2. The predicted octanol–water partition coefficient (Wildman–Crippen LogP) is 3.34. The molecule has 188 valence electrons. The Labute approximate surface area is 205 Å². The Morgan fingerprint density at radius 2 is 1.66 bits per heavy atom. The molecule has 1 fully saturated rings. The zero-order chi connectivity index (χ0) is 26.0. The number of esters is 1. The van der Waals surface area contributed by atoms with Gasteiger partial charge in [0.15, 0.2) is 0 Å². The number of methoxy groups -OCH3 is 1. The van der Waals surface area contributed by atoms with Crippen LogP contribution in [0.5, 0.6) is 0 Å². The molecule has 3 rings (SSSR count). The molecule has 9 nitrogen and oxygen atoms in total. The highest BCUT2D eigenvalue weighted by Gasteiger charge is 2.52. The maximum atomic E-state index is 13.5. The summed E-state index contributed by atoms with van der Waals surface area (Å²) in [6.45, 7) is 6.75. The minimum Gasteiger partial charge on any atom is -0.467 e. The van der Waals surface area contributed by atoms with Crippen LogP contribution in [0.25, 0.3) is 0 Å². The highest BCUT2D eigenvalue weighted by atomic mass is 32.2. The number of nitrogens with one attached hydrogen (secondary N) is 1. The van der Waals surface area contributed by atoms with Crippen molar-refractivity contribution in [2.24, 2.45) is 5.92 Å². The lowest BCUT2D eigenvalue weighted by Gasteiger charge is -2.27. The van der Waals surface area contributed by atoms with Gasteiger partial charge in [0, 0.05) is 0 Å². The Kier molecular flexibility index (Phi) is 7.66. The van der Waals surface area contributed by atoms with Crippen molar-refractivity contribution < 1.29 is 32.3 Å². The molecule has 1 aliphatic heterocycles. The minimum absolute atomic E-state index is 0.0305. The van der Waals surface area contributed by atoms with E-state index in [-0.39, 0.29) is 11.3 Å². The second kappa shape index (κ2) is 10.2. The SMILES string of the molecule is COC(=O)[C@@H]1C[C@@H]([C@@H](NS(=O)(=O)c2ccc(C)cc2)c2ccccc2)C(=O)N1C(=O)OC(C)(C)C. The Hall–Kier alpha value is -3.24. The third-order valence-corrected chi connectivity index (χ3v) is 7.04. The molecule has 2 aromatic rings. The van der Waals surface area contributed by atoms with Crippen LogP contribution in [-0.2, 0) is 29.1 Å². The first kappa shape index (κ1) is 26.4. The molecular formula is C25H30N2O7S. The van der Waals surface area contributed by atoms with Crippen LogP contribution in [0.3, 0.4) is 0 Å². The first-order chi connectivity index (χ1) is 16.3. The van der Waals surface area contributed by atoms with E-state index in [1.54, 1.807) is 63.2 Å². The van der Waals surface area contributed by atoms with E-state index in [1.165, 1.54) is 12.1 Å². The van der Waals surface area contributed by atoms with Crippen molar-refractivity contribution in [1.82, 2.24) is 9.62 Å². The molecule has 0 unspecified atom stereocenters. The molecule has 0 spiro atoms. The molecule has 10 heteroatoms. The molecular weight excluding hydrogens is 472 g/mol. The molecule has 0 radical (unpaired) electrons. The lowest BCUT2D eigenvalue weighted by Crippen LogP contribution is -2.46. The normalized spacial score (nSPS) is 19.3. The van der Waals surface area contributed by atoms with Crippen molar-refractivity contribution in [3.8, 4) is 0 Å². The Balaban J connectivity index is 2.02. The van der Waals surface area contributed by atoms with Crippen molar-refractivity contribution in [2.75, 3.05) is 7.11 Å². The zero-order valence-electron chi connectivity index (χ0n) is 20.3. The number of nitrogens with zero attached hydrogens (tertiary/aromatic N) is 1. The molecule has 3 atom stereocenters. The van der Waals surface area contributed by atoms with Gasteiger partial charge in [-0.2, -0.15) is 0 Å². The summed E-state index contributed by atoms with van der Waals surface area (Å²) < 4.78 is 39.3. The van der Waals surface area contributed by atoms with E-state index >= 15 is 0 Å². The van der Waals surface area contributed by atoms with Gasteiger partial charge in [0.1, 0.15) is 11.6 Å². The van der Waals surface area contributed by atoms with Gasteiger partial charge in [-0.15, -0.1) is 0 Å². The number of likely N-dealkylation sites (tertiary alicyclic amines) is 1. The van der Waals surface area contributed by atoms with Crippen molar-refractivity contribution in [2.45, 2.75) is 56.7 Å². The summed E-state index contributed by atoms with van der Waals surface area (Å²) in [4.78, 5) is 39.7. The lowest BCUT2D eigenvalue weighted by atomic mass is 9.91. The molecule has 0 aliphatic carbocycles. The smallest absolute Gasteiger partial charge is 0.417 e. The van der Waals surface area contributed by atoms with Crippen LogP contribution in [-0.4, -0.2) is 50.0 Å². The van der Waals surface area contributed by atoms with Crippen LogP contribution in [0.15, 0.2) is 59.5 Å². The Morgan fingerprint density at radius 3 is 2.20 bits per heavy atom. The number of benzene rings is 2. The third-order valence-electron chi connectivity index (χ3n) is 5.58. The molecule has 2 amide bonds. The second-order valence-electron chi connectivity index (χ2n) is 9.39. The van der Waals surface area contributed by atoms with Crippen LogP contribution >= 0.6 is 0 Å². The maximum absolute atomic E-state index is 13.5. The van der Waals surface area contributed by atoms with Gasteiger partial charge in [0.05, 0.1) is 24.0 Å². The predicted molar refractivity (Wildman–Crippen MR) is 128 cm³/mol. The Bertz CT molecular complexity index is 1190. The quantitative estimate of drug-likeness (QED) is 0.602. The number of imide groups is 1. The molecule has 0 saturated carbocycles. The van der Waals surface area contributed by atoms with Gasteiger partial charge in [-0.1, -0.05) is 48.0 Å². The first-order valence-electron chi connectivity index (χ1n) is 11.1. The fraction of sp³-hybridized carbons (Fsp3) is 0.400. The summed E-state index contributed by atoms with van der Waals surface area (Å²) in [6, 6.07) is 12.5. The highest BCUT2D eigenvalue weighted by molar-refractivity contribution is 7.89. The maximum Gasteiger partial charge on any atom is 0.417 e. The van der Waals surface area contributed by atoms with E-state index in [2.05, 4.69) is 4.72 Å². The van der Waals surface area contributed by atoms with E-state index in [0.717, 1.165) is 17.6 Å². The summed E-state index contributed by atoms with van der Waals surface area (Å²) in [5, 5.41) is 0. The van der Waals surface area contributed by atoms with Gasteiger partial charge in [-0.3, -0.25) is 4.79 Å². The number of hydrogen-bond acceptors (Lipinski definition) is 7. The average Bonchev–Trinajstić information content (AvgIpc) is 3.13. The van der Waals surface area contributed by atoms with Crippen LogP contribution in [0, 0.1) is 12.8 Å². The van der Waals surface area contributed by atoms with Crippen LogP contribution in [0.4, 0.5) is 4.79 Å². The summed E-state index contributed by atoms with van der Waals surface area (Å²) >= 11 is 0. The monoisotopic (exact) mass is 502 g/mol. The topological polar surface area (TPSA) is 119 Å². The molecule has 1 heterocycles. The molecule has 2 aromatic carbocycles. The van der Waals surface area contributed by atoms with Crippen LogP contribution < -0.4 is 4.72 Å². The van der Waals surface area contributed by atoms with E-state index in [4.69, 9.17) is 9.47 Å². The van der Waals surface area contributed by atoms with E-state index in [1.807, 2.05) is 6.92 Å². The standard InChI is InChI=1S/C25H30N2O7S/c1-16-11-13-18(14-12-16)35(31,32)26-21(17-9-7-6-8-10-17)19-15-20(23(29)33-5)27(22(19)28)24(30)34-25(2,3)4/h6-14,19-21,26H,15H2,1-5H3/t19-,20-,21-/m0/s1. The largest absolute Gasteiger partial charge is 0.467 e. The second-order valence-corrected chi connectivity index (χ2v) is 11.1. The van der Waals surface area contributed by atoms with Crippen molar-refractivity contribution in [1.29, 1.82) is 0 Å². The number of amides is 2.